The van der Waals surface area contributed by atoms with Gasteiger partial charge in [-0.05, 0) is 70.0 Å². The lowest BCUT2D eigenvalue weighted by Gasteiger charge is -2.15. The molecule has 0 amide bonds. The standard InChI is InChI=1S/C22H26N4O/c1-14(2)27-20-9-7-6-8-19(20)25-22-23-17(5)13-21(26-22)24-18-11-15(3)10-16(4)12-18/h6-14H,1-5H3,(H2,23,24,25,26). The third-order valence-electron chi connectivity index (χ3n) is 3.84. The van der Waals surface area contributed by atoms with Crippen molar-refractivity contribution in [3.05, 3.63) is 65.4 Å². The van der Waals surface area contributed by atoms with Gasteiger partial charge in [-0.15, -0.1) is 0 Å². The highest BCUT2D eigenvalue weighted by atomic mass is 16.5. The lowest BCUT2D eigenvalue weighted by Crippen LogP contribution is -2.08. The molecule has 2 N–H and O–H groups in total. The van der Waals surface area contributed by atoms with E-state index in [1.165, 1.54) is 11.1 Å². The molecule has 0 unspecified atom stereocenters. The molecule has 0 radical (unpaired) electrons. The van der Waals surface area contributed by atoms with Gasteiger partial charge in [0, 0.05) is 17.4 Å². The predicted octanol–water partition coefficient (Wildman–Crippen LogP) is 5.68. The van der Waals surface area contributed by atoms with Gasteiger partial charge in [0.05, 0.1) is 11.8 Å². The first-order valence-corrected chi connectivity index (χ1v) is 9.13. The lowest BCUT2D eigenvalue weighted by atomic mass is 10.1. The molecule has 5 nitrogen and oxygen atoms in total. The Morgan fingerprint density at radius 3 is 2.26 bits per heavy atom. The van der Waals surface area contributed by atoms with Crippen LogP contribution in [0.15, 0.2) is 48.5 Å². The molecule has 1 heterocycles. The molecule has 0 fully saturated rings. The first kappa shape index (κ1) is 18.7. The summed E-state index contributed by atoms with van der Waals surface area (Å²) in [7, 11) is 0. The number of aromatic nitrogens is 2. The Bertz CT molecular complexity index is 917. The largest absolute Gasteiger partial charge is 0.489 e. The van der Waals surface area contributed by atoms with E-state index in [1.54, 1.807) is 0 Å². The fourth-order valence-corrected chi connectivity index (χ4v) is 2.93. The van der Waals surface area contributed by atoms with Gasteiger partial charge in [0.2, 0.25) is 5.95 Å². The first-order valence-electron chi connectivity index (χ1n) is 9.13. The molecular formula is C22H26N4O. The Morgan fingerprint density at radius 2 is 1.56 bits per heavy atom. The van der Waals surface area contributed by atoms with Crippen molar-refractivity contribution in [1.82, 2.24) is 9.97 Å². The van der Waals surface area contributed by atoms with Gasteiger partial charge in [0.1, 0.15) is 11.6 Å². The summed E-state index contributed by atoms with van der Waals surface area (Å²) in [5.74, 6) is 2.06. The monoisotopic (exact) mass is 362 g/mol. The Hall–Kier alpha value is -3.08. The number of hydrogen-bond acceptors (Lipinski definition) is 5. The number of nitrogens with zero attached hydrogens (tertiary/aromatic N) is 2. The number of nitrogens with one attached hydrogen (secondary N) is 2. The molecule has 3 rings (SSSR count). The molecule has 0 saturated carbocycles. The molecule has 0 bridgehead atoms. The summed E-state index contributed by atoms with van der Waals surface area (Å²) in [6.07, 6.45) is 0.0909. The Labute approximate surface area is 160 Å². The topological polar surface area (TPSA) is 59.1 Å². The van der Waals surface area contributed by atoms with Gasteiger partial charge in [-0.3, -0.25) is 0 Å². The van der Waals surface area contributed by atoms with E-state index in [0.29, 0.717) is 5.95 Å². The van der Waals surface area contributed by atoms with Crippen molar-refractivity contribution >= 4 is 23.1 Å². The van der Waals surface area contributed by atoms with Gasteiger partial charge in [-0.25, -0.2) is 4.98 Å². The Kier molecular flexibility index (Phi) is 5.60. The smallest absolute Gasteiger partial charge is 0.229 e. The summed E-state index contributed by atoms with van der Waals surface area (Å²) >= 11 is 0. The predicted molar refractivity (Wildman–Crippen MR) is 111 cm³/mol. The van der Waals surface area contributed by atoms with Crippen LogP contribution in [-0.4, -0.2) is 16.1 Å². The minimum atomic E-state index is 0.0909. The SMILES string of the molecule is Cc1cc(C)cc(Nc2cc(C)nc(Nc3ccccc3OC(C)C)n2)c1. The molecule has 0 saturated heterocycles. The maximum atomic E-state index is 5.87. The van der Waals surface area contributed by atoms with E-state index in [1.807, 2.05) is 51.1 Å². The van der Waals surface area contributed by atoms with Crippen molar-refractivity contribution in [2.45, 2.75) is 40.7 Å². The second-order valence-corrected chi connectivity index (χ2v) is 7.01. The summed E-state index contributed by atoms with van der Waals surface area (Å²) in [6.45, 7) is 10.1. The van der Waals surface area contributed by atoms with Crippen LogP contribution in [0.5, 0.6) is 5.75 Å². The average Bonchev–Trinajstić information content (AvgIpc) is 2.54. The molecule has 0 aliphatic heterocycles. The number of anilines is 4. The number of para-hydroxylation sites is 2. The van der Waals surface area contributed by atoms with Crippen LogP contribution in [0.1, 0.15) is 30.7 Å². The van der Waals surface area contributed by atoms with Gasteiger partial charge in [-0.1, -0.05) is 18.2 Å². The third-order valence-corrected chi connectivity index (χ3v) is 3.84. The van der Waals surface area contributed by atoms with Crippen molar-refractivity contribution in [3.63, 3.8) is 0 Å². The van der Waals surface area contributed by atoms with Crippen LogP contribution in [0.4, 0.5) is 23.1 Å². The summed E-state index contributed by atoms with van der Waals surface area (Å²) in [5.41, 5.74) is 5.15. The van der Waals surface area contributed by atoms with Crippen LogP contribution in [-0.2, 0) is 0 Å². The molecule has 3 aromatic rings. The number of ether oxygens (including phenoxy) is 1. The molecule has 0 aliphatic carbocycles. The van der Waals surface area contributed by atoms with Crippen LogP contribution >= 0.6 is 0 Å². The van der Waals surface area contributed by atoms with Gasteiger partial charge in [-0.2, -0.15) is 4.98 Å². The second-order valence-electron chi connectivity index (χ2n) is 7.01. The van der Waals surface area contributed by atoms with E-state index in [0.717, 1.165) is 28.6 Å². The van der Waals surface area contributed by atoms with E-state index in [2.05, 4.69) is 52.6 Å². The molecule has 0 atom stereocenters. The van der Waals surface area contributed by atoms with E-state index < -0.39 is 0 Å². The number of aryl methyl sites for hydroxylation is 3. The third kappa shape index (κ3) is 5.20. The van der Waals surface area contributed by atoms with Crippen molar-refractivity contribution in [3.8, 4) is 5.75 Å². The summed E-state index contributed by atoms with van der Waals surface area (Å²) in [4.78, 5) is 9.12. The molecule has 27 heavy (non-hydrogen) atoms. The fourth-order valence-electron chi connectivity index (χ4n) is 2.93. The number of hydrogen-bond donors (Lipinski definition) is 2. The molecule has 5 heteroatoms. The minimum absolute atomic E-state index is 0.0909. The fraction of sp³-hybridized carbons (Fsp3) is 0.273. The zero-order chi connectivity index (χ0) is 19.4. The number of benzene rings is 2. The van der Waals surface area contributed by atoms with Gasteiger partial charge < -0.3 is 15.4 Å². The van der Waals surface area contributed by atoms with E-state index in [4.69, 9.17) is 4.74 Å². The molecule has 0 spiro atoms. The van der Waals surface area contributed by atoms with Crippen molar-refractivity contribution in [2.24, 2.45) is 0 Å². The Morgan fingerprint density at radius 1 is 0.852 bits per heavy atom. The van der Waals surface area contributed by atoms with Crippen LogP contribution in [0.25, 0.3) is 0 Å². The summed E-state index contributed by atoms with van der Waals surface area (Å²) in [5, 5.41) is 6.66. The van der Waals surface area contributed by atoms with Crippen LogP contribution in [0.2, 0.25) is 0 Å². The van der Waals surface area contributed by atoms with E-state index >= 15 is 0 Å². The van der Waals surface area contributed by atoms with Crippen molar-refractivity contribution in [2.75, 3.05) is 10.6 Å². The highest BCUT2D eigenvalue weighted by molar-refractivity contribution is 5.65. The van der Waals surface area contributed by atoms with Crippen LogP contribution in [0.3, 0.4) is 0 Å². The van der Waals surface area contributed by atoms with Crippen LogP contribution in [0, 0.1) is 20.8 Å². The van der Waals surface area contributed by atoms with Crippen molar-refractivity contribution in [1.29, 1.82) is 0 Å². The van der Waals surface area contributed by atoms with Gasteiger partial charge in [0.25, 0.3) is 0 Å². The summed E-state index contributed by atoms with van der Waals surface area (Å²) in [6, 6.07) is 16.1. The number of rotatable bonds is 6. The lowest BCUT2D eigenvalue weighted by molar-refractivity contribution is 0.244. The minimum Gasteiger partial charge on any atom is -0.489 e. The van der Waals surface area contributed by atoms with E-state index in [9.17, 15) is 0 Å². The zero-order valence-electron chi connectivity index (χ0n) is 16.5. The highest BCUT2D eigenvalue weighted by Crippen LogP contribution is 2.28. The second kappa shape index (κ2) is 8.08. The van der Waals surface area contributed by atoms with E-state index in [-0.39, 0.29) is 6.10 Å². The summed E-state index contributed by atoms with van der Waals surface area (Å²) < 4.78 is 5.87. The van der Waals surface area contributed by atoms with Gasteiger partial charge >= 0.3 is 0 Å². The molecular weight excluding hydrogens is 336 g/mol. The average molecular weight is 362 g/mol. The molecule has 0 aliphatic rings. The quantitative estimate of drug-likeness (QED) is 0.591. The van der Waals surface area contributed by atoms with Gasteiger partial charge in [0.15, 0.2) is 0 Å². The maximum Gasteiger partial charge on any atom is 0.229 e. The maximum absolute atomic E-state index is 5.87. The van der Waals surface area contributed by atoms with Crippen molar-refractivity contribution < 1.29 is 4.74 Å². The zero-order valence-corrected chi connectivity index (χ0v) is 16.5. The highest BCUT2D eigenvalue weighted by Gasteiger charge is 2.09. The first-order chi connectivity index (χ1) is 12.9. The molecule has 1 aromatic heterocycles. The van der Waals surface area contributed by atoms with Crippen LogP contribution < -0.4 is 15.4 Å². The normalized spacial score (nSPS) is 10.7. The molecule has 2 aromatic carbocycles. The molecule has 140 valence electrons. The Balaban J connectivity index is 1.86.